The van der Waals surface area contributed by atoms with Gasteiger partial charge in [0.05, 0.1) is 0 Å². The van der Waals surface area contributed by atoms with Crippen LogP contribution in [0.25, 0.3) is 0 Å². The number of aliphatic hydroxyl groups excluding tert-OH is 5. The fraction of sp³-hybridized carbons (Fsp3) is 1.00. The second-order valence-corrected chi connectivity index (χ2v) is 4.11. The Bertz CT molecular complexity index is 177. The van der Waals surface area contributed by atoms with Crippen LogP contribution in [0.2, 0.25) is 0 Å². The molecule has 1 aliphatic rings. The lowest BCUT2D eigenvalue weighted by Gasteiger charge is -2.38. The van der Waals surface area contributed by atoms with Crippen molar-refractivity contribution in [2.75, 3.05) is 0 Å². The Kier molecular flexibility index (Phi) is 3.86. The summed E-state index contributed by atoms with van der Waals surface area (Å²) in [5, 5.41) is 45.6. The summed E-state index contributed by atoms with van der Waals surface area (Å²) in [5.41, 5.74) is 0. The molecule has 0 aromatic heterocycles. The van der Waals surface area contributed by atoms with E-state index in [9.17, 15) is 10.2 Å². The Morgan fingerprint density at radius 3 is 2.00 bits per heavy atom. The smallest absolute Gasteiger partial charge is 0.184 e. The minimum absolute atomic E-state index is 1.07. The van der Waals surface area contributed by atoms with Crippen molar-refractivity contribution in [3.8, 4) is 0 Å². The molecule has 1 saturated heterocycles. The molecule has 0 spiro atoms. The van der Waals surface area contributed by atoms with Crippen LogP contribution in [0.4, 0.5) is 0 Å². The molecule has 6 nitrogen and oxygen atoms in total. The molecule has 13 heavy (non-hydrogen) atoms. The number of rotatable bonds is 1. The van der Waals surface area contributed by atoms with E-state index in [1.54, 1.807) is 22.6 Å². The Morgan fingerprint density at radius 1 is 1.00 bits per heavy atom. The highest BCUT2D eigenvalue weighted by Gasteiger charge is 2.45. The van der Waals surface area contributed by atoms with E-state index >= 15 is 0 Å². The normalized spacial score (nSPS) is 48.9. The minimum atomic E-state index is -1.59. The monoisotopic (exact) mass is 306 g/mol. The van der Waals surface area contributed by atoms with Crippen molar-refractivity contribution in [1.82, 2.24) is 0 Å². The van der Waals surface area contributed by atoms with Crippen LogP contribution in [-0.4, -0.2) is 60.3 Å². The molecule has 1 fully saturated rings. The van der Waals surface area contributed by atoms with E-state index in [0.29, 0.717) is 0 Å². The van der Waals surface area contributed by atoms with Gasteiger partial charge in [0.15, 0.2) is 6.29 Å². The molecule has 0 aromatic carbocycles. The van der Waals surface area contributed by atoms with Crippen LogP contribution >= 0.6 is 22.6 Å². The van der Waals surface area contributed by atoms with Gasteiger partial charge in [0.2, 0.25) is 0 Å². The van der Waals surface area contributed by atoms with E-state index < -0.39 is 34.8 Å². The van der Waals surface area contributed by atoms with E-state index in [1.165, 1.54) is 0 Å². The molecule has 0 saturated carbocycles. The summed E-state index contributed by atoms with van der Waals surface area (Å²) in [6.07, 6.45) is -7.17. The number of aliphatic hydroxyl groups is 5. The van der Waals surface area contributed by atoms with Crippen LogP contribution in [0.15, 0.2) is 0 Å². The lowest BCUT2D eigenvalue weighted by molar-refractivity contribution is -0.288. The van der Waals surface area contributed by atoms with Gasteiger partial charge < -0.3 is 30.3 Å². The van der Waals surface area contributed by atoms with Gasteiger partial charge >= 0.3 is 0 Å². The quantitative estimate of drug-likeness (QED) is 0.271. The third-order valence-electron chi connectivity index (χ3n) is 1.90. The Balaban J connectivity index is 2.70. The molecule has 78 valence electrons. The molecule has 6 atom stereocenters. The highest BCUT2D eigenvalue weighted by molar-refractivity contribution is 14.1. The summed E-state index contributed by atoms with van der Waals surface area (Å²) >= 11 is 1.57. The molecule has 5 N–H and O–H groups in total. The van der Waals surface area contributed by atoms with Gasteiger partial charge in [0, 0.05) is 0 Å². The largest absolute Gasteiger partial charge is 0.387 e. The van der Waals surface area contributed by atoms with Crippen molar-refractivity contribution >= 4 is 22.6 Å². The van der Waals surface area contributed by atoms with Gasteiger partial charge in [-0.3, -0.25) is 0 Å². The summed E-state index contributed by atoms with van der Waals surface area (Å²) in [5.74, 6) is 0. The minimum Gasteiger partial charge on any atom is -0.387 e. The van der Waals surface area contributed by atoms with Crippen molar-refractivity contribution in [3.63, 3.8) is 0 Å². The molecular weight excluding hydrogens is 295 g/mol. The fourth-order valence-electron chi connectivity index (χ4n) is 1.11. The Hall–Kier alpha value is 0.490. The second kappa shape index (κ2) is 4.34. The third-order valence-corrected chi connectivity index (χ3v) is 2.61. The maximum atomic E-state index is 9.29. The summed E-state index contributed by atoms with van der Waals surface area (Å²) in [4.78, 5) is 0. The van der Waals surface area contributed by atoms with E-state index in [0.717, 1.165) is 0 Å². The second-order valence-electron chi connectivity index (χ2n) is 2.84. The van der Waals surface area contributed by atoms with Crippen molar-refractivity contribution in [2.24, 2.45) is 0 Å². The molecule has 1 aliphatic heterocycles. The molecule has 0 radical (unpaired) electrons. The van der Waals surface area contributed by atoms with Gasteiger partial charge in [-0.15, -0.1) is 0 Å². The van der Waals surface area contributed by atoms with Crippen LogP contribution in [-0.2, 0) is 4.74 Å². The predicted molar refractivity (Wildman–Crippen MR) is 48.9 cm³/mol. The first-order chi connectivity index (χ1) is 5.95. The topological polar surface area (TPSA) is 110 Å². The molecule has 0 amide bonds. The predicted octanol–water partition coefficient (Wildman–Crippen LogP) is -2.46. The van der Waals surface area contributed by atoms with Gasteiger partial charge in [0.25, 0.3) is 0 Å². The zero-order chi connectivity index (χ0) is 10.2. The van der Waals surface area contributed by atoms with Crippen LogP contribution < -0.4 is 0 Å². The molecule has 1 heterocycles. The lowest BCUT2D eigenvalue weighted by Crippen LogP contribution is -2.59. The first kappa shape index (κ1) is 11.6. The van der Waals surface area contributed by atoms with Crippen LogP contribution in [0.3, 0.4) is 0 Å². The molecule has 0 aromatic rings. The number of ether oxygens (including phenoxy) is 1. The number of halogens is 1. The number of alkyl halides is 1. The standard InChI is InChI=1S/C6H11IO6/c7-5(11)4-2(9)1(8)3(10)6(12)13-4/h1-6,8-12H/t1-,2-,3-,4-,5?,6-/m0/s1. The zero-order valence-corrected chi connectivity index (χ0v) is 8.64. The van der Waals surface area contributed by atoms with Gasteiger partial charge in [-0.05, 0) is 22.6 Å². The van der Waals surface area contributed by atoms with E-state index in [1.807, 2.05) is 0 Å². The van der Waals surface area contributed by atoms with Crippen molar-refractivity contribution < 1.29 is 30.3 Å². The average Bonchev–Trinajstić information content (AvgIpc) is 2.07. The van der Waals surface area contributed by atoms with E-state index in [2.05, 4.69) is 4.74 Å². The molecule has 0 aliphatic carbocycles. The molecular formula is C6H11IO6. The number of hydrogen-bond acceptors (Lipinski definition) is 6. The van der Waals surface area contributed by atoms with Crippen LogP contribution in [0.5, 0.6) is 0 Å². The summed E-state index contributed by atoms with van der Waals surface area (Å²) < 4.78 is 3.62. The summed E-state index contributed by atoms with van der Waals surface area (Å²) in [6, 6.07) is 0. The fourth-order valence-corrected chi connectivity index (χ4v) is 1.71. The van der Waals surface area contributed by atoms with E-state index in [-0.39, 0.29) is 0 Å². The number of hydrogen-bond donors (Lipinski definition) is 5. The van der Waals surface area contributed by atoms with Crippen LogP contribution in [0, 0.1) is 0 Å². The first-order valence-corrected chi connectivity index (χ1v) is 4.89. The zero-order valence-electron chi connectivity index (χ0n) is 6.49. The molecule has 0 bridgehead atoms. The van der Waals surface area contributed by atoms with Crippen LogP contribution in [0.1, 0.15) is 0 Å². The Morgan fingerprint density at radius 2 is 1.54 bits per heavy atom. The summed E-state index contributed by atoms with van der Waals surface area (Å²) in [7, 11) is 0. The van der Waals surface area contributed by atoms with Crippen molar-refractivity contribution in [1.29, 1.82) is 0 Å². The van der Waals surface area contributed by atoms with Crippen molar-refractivity contribution in [3.05, 3.63) is 0 Å². The summed E-state index contributed by atoms with van der Waals surface area (Å²) in [6.45, 7) is 0. The highest BCUT2D eigenvalue weighted by atomic mass is 127. The SMILES string of the molecule is OC(I)[C@H]1O[C@H](O)[C@@H](O)[C@@H](O)[C@@H]1O. The highest BCUT2D eigenvalue weighted by Crippen LogP contribution is 2.24. The Labute approximate surface area is 87.9 Å². The first-order valence-electron chi connectivity index (χ1n) is 3.65. The third kappa shape index (κ3) is 2.29. The van der Waals surface area contributed by atoms with Gasteiger partial charge in [0.1, 0.15) is 28.5 Å². The average molecular weight is 306 g/mol. The maximum Gasteiger partial charge on any atom is 0.184 e. The maximum absolute atomic E-state index is 9.29. The van der Waals surface area contributed by atoms with Gasteiger partial charge in [-0.25, -0.2) is 0 Å². The molecule has 1 unspecified atom stereocenters. The van der Waals surface area contributed by atoms with Crippen molar-refractivity contribution in [2.45, 2.75) is 34.8 Å². The lowest BCUT2D eigenvalue weighted by atomic mass is 9.99. The van der Waals surface area contributed by atoms with Gasteiger partial charge in [-0.1, -0.05) is 0 Å². The molecule has 7 heteroatoms. The molecule has 1 rings (SSSR count). The van der Waals surface area contributed by atoms with Gasteiger partial charge in [-0.2, -0.15) is 0 Å². The van der Waals surface area contributed by atoms with E-state index in [4.69, 9.17) is 15.3 Å².